The zero-order chi connectivity index (χ0) is 14.0. The van der Waals surface area contributed by atoms with Crippen molar-refractivity contribution in [2.45, 2.75) is 12.5 Å². The highest BCUT2D eigenvalue weighted by molar-refractivity contribution is 9.10. The Kier molecular flexibility index (Phi) is 5.15. The SMILES string of the molecule is OC(Cc1ccc(Cl)c(Cl)c1)c1cc(Br)ccc1Cl. The molecule has 0 heterocycles. The number of benzene rings is 2. The molecule has 0 saturated heterocycles. The van der Waals surface area contributed by atoms with Crippen molar-refractivity contribution in [2.24, 2.45) is 0 Å². The molecule has 2 aromatic carbocycles. The van der Waals surface area contributed by atoms with Gasteiger partial charge >= 0.3 is 0 Å². The molecule has 0 aromatic heterocycles. The summed E-state index contributed by atoms with van der Waals surface area (Å²) in [5.74, 6) is 0. The van der Waals surface area contributed by atoms with Crippen LogP contribution in [0, 0.1) is 0 Å². The van der Waals surface area contributed by atoms with Gasteiger partial charge in [0.2, 0.25) is 0 Å². The molecule has 2 rings (SSSR count). The first-order chi connectivity index (χ1) is 8.97. The molecule has 0 aliphatic heterocycles. The predicted molar refractivity (Wildman–Crippen MR) is 84.3 cm³/mol. The quantitative estimate of drug-likeness (QED) is 0.726. The molecule has 1 N–H and O–H groups in total. The van der Waals surface area contributed by atoms with Gasteiger partial charge in [-0.05, 0) is 35.9 Å². The van der Waals surface area contributed by atoms with Gasteiger partial charge in [-0.1, -0.05) is 56.8 Å². The van der Waals surface area contributed by atoms with E-state index in [2.05, 4.69) is 15.9 Å². The van der Waals surface area contributed by atoms with Crippen molar-refractivity contribution in [3.63, 3.8) is 0 Å². The number of rotatable bonds is 3. The molecule has 1 nitrogen and oxygen atoms in total. The molecule has 100 valence electrons. The molecule has 1 atom stereocenters. The Bertz CT molecular complexity index is 601. The topological polar surface area (TPSA) is 20.2 Å². The van der Waals surface area contributed by atoms with Crippen LogP contribution in [0.5, 0.6) is 0 Å². The molecule has 1 unspecified atom stereocenters. The largest absolute Gasteiger partial charge is 0.388 e. The maximum absolute atomic E-state index is 10.3. The van der Waals surface area contributed by atoms with E-state index in [0.29, 0.717) is 27.1 Å². The lowest BCUT2D eigenvalue weighted by Gasteiger charge is -2.13. The van der Waals surface area contributed by atoms with E-state index in [0.717, 1.165) is 10.0 Å². The van der Waals surface area contributed by atoms with Crippen LogP contribution < -0.4 is 0 Å². The molecular weight excluding hydrogens is 370 g/mol. The second-order valence-electron chi connectivity index (χ2n) is 4.13. The van der Waals surface area contributed by atoms with E-state index >= 15 is 0 Å². The zero-order valence-electron chi connectivity index (χ0n) is 9.71. The zero-order valence-corrected chi connectivity index (χ0v) is 13.6. The summed E-state index contributed by atoms with van der Waals surface area (Å²) in [4.78, 5) is 0. The summed E-state index contributed by atoms with van der Waals surface area (Å²) in [6.07, 6.45) is -0.269. The second kappa shape index (κ2) is 6.47. The van der Waals surface area contributed by atoms with Gasteiger partial charge < -0.3 is 5.11 Å². The second-order valence-corrected chi connectivity index (χ2v) is 6.27. The van der Waals surface area contributed by atoms with E-state index < -0.39 is 6.10 Å². The van der Waals surface area contributed by atoms with Gasteiger partial charge in [0.15, 0.2) is 0 Å². The van der Waals surface area contributed by atoms with E-state index in [1.165, 1.54) is 0 Å². The average Bonchev–Trinajstić information content (AvgIpc) is 2.36. The third-order valence-electron chi connectivity index (χ3n) is 2.73. The van der Waals surface area contributed by atoms with Crippen LogP contribution >= 0.6 is 50.7 Å². The van der Waals surface area contributed by atoms with Crippen molar-refractivity contribution in [1.29, 1.82) is 0 Å². The number of hydrogen-bond acceptors (Lipinski definition) is 1. The summed E-state index contributed by atoms with van der Waals surface area (Å²) in [7, 11) is 0. The summed E-state index contributed by atoms with van der Waals surface area (Å²) in [5, 5.41) is 11.8. The van der Waals surface area contributed by atoms with E-state index in [-0.39, 0.29) is 0 Å². The summed E-state index contributed by atoms with van der Waals surface area (Å²) < 4.78 is 0.875. The molecule has 0 fully saturated rings. The Morgan fingerprint density at radius 2 is 1.63 bits per heavy atom. The number of aliphatic hydroxyl groups excluding tert-OH is 1. The van der Waals surface area contributed by atoms with Gasteiger partial charge in [-0.25, -0.2) is 0 Å². The Morgan fingerprint density at radius 1 is 0.947 bits per heavy atom. The summed E-state index contributed by atoms with van der Waals surface area (Å²) >= 11 is 21.3. The lowest BCUT2D eigenvalue weighted by atomic mass is 10.0. The normalized spacial score (nSPS) is 12.5. The van der Waals surface area contributed by atoms with Crippen LogP contribution in [0.2, 0.25) is 15.1 Å². The highest BCUT2D eigenvalue weighted by Gasteiger charge is 2.13. The van der Waals surface area contributed by atoms with Gasteiger partial charge in [-0.2, -0.15) is 0 Å². The fourth-order valence-corrected chi connectivity index (χ4v) is 2.71. The van der Waals surface area contributed by atoms with Crippen LogP contribution in [-0.2, 0) is 6.42 Å². The van der Waals surface area contributed by atoms with Crippen LogP contribution in [0.25, 0.3) is 0 Å². The molecular formula is C14H10BrCl3O. The van der Waals surface area contributed by atoms with Gasteiger partial charge in [-0.3, -0.25) is 0 Å². The van der Waals surface area contributed by atoms with Crippen LogP contribution in [0.15, 0.2) is 40.9 Å². The minimum atomic E-state index is -0.692. The Labute approximate surface area is 135 Å². The van der Waals surface area contributed by atoms with Crippen molar-refractivity contribution in [1.82, 2.24) is 0 Å². The maximum Gasteiger partial charge on any atom is 0.0845 e. The number of hydrogen-bond donors (Lipinski definition) is 1. The molecule has 5 heteroatoms. The first-order valence-corrected chi connectivity index (χ1v) is 7.47. The van der Waals surface area contributed by atoms with Crippen molar-refractivity contribution < 1.29 is 5.11 Å². The number of aliphatic hydroxyl groups is 1. The fourth-order valence-electron chi connectivity index (χ4n) is 1.77. The van der Waals surface area contributed by atoms with Crippen molar-refractivity contribution in [3.05, 3.63) is 67.1 Å². The van der Waals surface area contributed by atoms with Crippen molar-refractivity contribution in [2.75, 3.05) is 0 Å². The van der Waals surface area contributed by atoms with Crippen LogP contribution in [0.4, 0.5) is 0 Å². The van der Waals surface area contributed by atoms with Gasteiger partial charge in [0, 0.05) is 21.5 Å². The molecule has 0 saturated carbocycles. The van der Waals surface area contributed by atoms with E-state index in [1.54, 1.807) is 18.2 Å². The Balaban J connectivity index is 2.22. The molecule has 19 heavy (non-hydrogen) atoms. The van der Waals surface area contributed by atoms with Gasteiger partial charge in [0.1, 0.15) is 0 Å². The van der Waals surface area contributed by atoms with Gasteiger partial charge in [0.05, 0.1) is 16.1 Å². The lowest BCUT2D eigenvalue weighted by molar-refractivity contribution is 0.178. The van der Waals surface area contributed by atoms with Crippen molar-refractivity contribution >= 4 is 50.7 Å². The standard InChI is InChI=1S/C14H10BrCl3O/c15-9-2-4-11(16)10(7-9)14(19)6-8-1-3-12(17)13(18)5-8/h1-5,7,14,19H,6H2. The van der Waals surface area contributed by atoms with Crippen LogP contribution in [-0.4, -0.2) is 5.11 Å². The minimum Gasteiger partial charge on any atom is -0.388 e. The van der Waals surface area contributed by atoms with Crippen LogP contribution in [0.3, 0.4) is 0 Å². The summed E-state index contributed by atoms with van der Waals surface area (Å²) in [6, 6.07) is 10.7. The van der Waals surface area contributed by atoms with E-state index in [1.807, 2.05) is 18.2 Å². The fraction of sp³-hybridized carbons (Fsp3) is 0.143. The first kappa shape index (κ1) is 15.1. The van der Waals surface area contributed by atoms with Crippen molar-refractivity contribution in [3.8, 4) is 0 Å². The average molecular weight is 380 g/mol. The maximum atomic E-state index is 10.3. The number of halogens is 4. The molecule has 0 bridgehead atoms. The molecule has 0 aliphatic rings. The summed E-state index contributed by atoms with van der Waals surface area (Å²) in [5.41, 5.74) is 1.58. The Hall–Kier alpha value is -0.250. The third kappa shape index (κ3) is 3.87. The molecule has 0 aliphatic carbocycles. The van der Waals surface area contributed by atoms with E-state index in [4.69, 9.17) is 34.8 Å². The molecule has 2 aromatic rings. The Morgan fingerprint density at radius 3 is 2.32 bits per heavy atom. The lowest BCUT2D eigenvalue weighted by Crippen LogP contribution is -2.02. The first-order valence-electron chi connectivity index (χ1n) is 5.54. The molecule has 0 spiro atoms. The van der Waals surface area contributed by atoms with Crippen LogP contribution in [0.1, 0.15) is 17.2 Å². The summed E-state index contributed by atoms with van der Waals surface area (Å²) in [6.45, 7) is 0. The monoisotopic (exact) mass is 378 g/mol. The highest BCUT2D eigenvalue weighted by atomic mass is 79.9. The molecule has 0 amide bonds. The minimum absolute atomic E-state index is 0.424. The highest BCUT2D eigenvalue weighted by Crippen LogP contribution is 2.30. The van der Waals surface area contributed by atoms with E-state index in [9.17, 15) is 5.11 Å². The third-order valence-corrected chi connectivity index (χ3v) is 4.31. The van der Waals surface area contributed by atoms with Gasteiger partial charge in [-0.15, -0.1) is 0 Å². The smallest absolute Gasteiger partial charge is 0.0845 e. The molecule has 0 radical (unpaired) electrons. The van der Waals surface area contributed by atoms with Gasteiger partial charge in [0.25, 0.3) is 0 Å². The predicted octanol–water partition coefficient (Wildman–Crippen LogP) is 5.69.